The Labute approximate surface area is 117 Å². The minimum absolute atomic E-state index is 0.0310. The second-order valence-electron chi connectivity index (χ2n) is 4.38. The SMILES string of the molecule is COc1cc(OC)c(NCC(=O)NC2CC2)cc1Cl. The minimum atomic E-state index is -0.0310. The smallest absolute Gasteiger partial charge is 0.239 e. The fourth-order valence-corrected chi connectivity index (χ4v) is 1.92. The van der Waals surface area contributed by atoms with Gasteiger partial charge in [-0.15, -0.1) is 0 Å². The van der Waals surface area contributed by atoms with Crippen molar-refractivity contribution in [2.75, 3.05) is 26.1 Å². The highest BCUT2D eigenvalue weighted by Crippen LogP contribution is 2.35. The summed E-state index contributed by atoms with van der Waals surface area (Å²) in [6, 6.07) is 3.73. The van der Waals surface area contributed by atoms with Gasteiger partial charge in [0.05, 0.1) is 31.5 Å². The Kier molecular flexibility index (Phi) is 4.37. The summed E-state index contributed by atoms with van der Waals surface area (Å²) in [5.41, 5.74) is 0.666. The second kappa shape index (κ2) is 6.02. The molecule has 0 heterocycles. The third kappa shape index (κ3) is 3.67. The Bertz CT molecular complexity index is 475. The Morgan fingerprint density at radius 3 is 2.58 bits per heavy atom. The predicted octanol–water partition coefficient (Wildman–Crippen LogP) is 2.05. The lowest BCUT2D eigenvalue weighted by Gasteiger charge is -2.13. The van der Waals surface area contributed by atoms with E-state index >= 15 is 0 Å². The summed E-state index contributed by atoms with van der Waals surface area (Å²) in [4.78, 5) is 11.6. The standard InChI is InChI=1S/C13H17ClN2O3/c1-18-11-6-12(19-2)10(5-9(11)14)15-7-13(17)16-8-3-4-8/h5-6,8,15H,3-4,7H2,1-2H3,(H,16,17). The van der Waals surface area contributed by atoms with E-state index in [9.17, 15) is 4.79 Å². The van der Waals surface area contributed by atoms with Gasteiger partial charge >= 0.3 is 0 Å². The third-order valence-corrected chi connectivity index (χ3v) is 3.15. The summed E-state index contributed by atoms with van der Waals surface area (Å²) < 4.78 is 10.3. The quantitative estimate of drug-likeness (QED) is 0.839. The van der Waals surface area contributed by atoms with E-state index in [1.807, 2.05) is 0 Å². The first-order valence-corrected chi connectivity index (χ1v) is 6.46. The number of halogens is 1. The number of benzene rings is 1. The van der Waals surface area contributed by atoms with Crippen LogP contribution in [0.2, 0.25) is 5.02 Å². The van der Waals surface area contributed by atoms with E-state index in [0.717, 1.165) is 12.8 Å². The molecule has 0 unspecified atom stereocenters. The topological polar surface area (TPSA) is 59.6 Å². The van der Waals surface area contributed by atoms with Crippen LogP contribution in [0.3, 0.4) is 0 Å². The van der Waals surface area contributed by atoms with E-state index < -0.39 is 0 Å². The number of carbonyl (C=O) groups is 1. The van der Waals surface area contributed by atoms with Gasteiger partial charge in [-0.05, 0) is 18.9 Å². The van der Waals surface area contributed by atoms with Crippen molar-refractivity contribution in [3.8, 4) is 11.5 Å². The number of hydrogen-bond acceptors (Lipinski definition) is 4. The van der Waals surface area contributed by atoms with Crippen LogP contribution in [-0.2, 0) is 4.79 Å². The first-order valence-electron chi connectivity index (χ1n) is 6.08. The highest BCUT2D eigenvalue weighted by atomic mass is 35.5. The number of anilines is 1. The predicted molar refractivity (Wildman–Crippen MR) is 74.2 cm³/mol. The van der Waals surface area contributed by atoms with Crippen LogP contribution in [0.5, 0.6) is 11.5 Å². The molecule has 6 heteroatoms. The second-order valence-corrected chi connectivity index (χ2v) is 4.79. The molecule has 1 fully saturated rings. The van der Waals surface area contributed by atoms with Crippen molar-refractivity contribution in [1.82, 2.24) is 5.32 Å². The normalized spacial score (nSPS) is 13.8. The molecule has 0 bridgehead atoms. The summed E-state index contributed by atoms with van der Waals surface area (Å²) in [7, 11) is 3.09. The zero-order valence-corrected chi connectivity index (χ0v) is 11.7. The molecule has 19 heavy (non-hydrogen) atoms. The molecule has 104 valence electrons. The summed E-state index contributed by atoms with van der Waals surface area (Å²) in [5, 5.41) is 6.38. The van der Waals surface area contributed by atoms with Crippen molar-refractivity contribution >= 4 is 23.2 Å². The molecule has 1 aromatic carbocycles. The first-order chi connectivity index (χ1) is 9.13. The van der Waals surface area contributed by atoms with Gasteiger partial charge in [-0.25, -0.2) is 0 Å². The molecule has 1 aromatic rings. The molecule has 2 N–H and O–H groups in total. The van der Waals surface area contributed by atoms with Gasteiger partial charge in [-0.3, -0.25) is 4.79 Å². The molecular formula is C13H17ClN2O3. The number of nitrogens with one attached hydrogen (secondary N) is 2. The van der Waals surface area contributed by atoms with Crippen molar-refractivity contribution in [1.29, 1.82) is 0 Å². The van der Waals surface area contributed by atoms with E-state index in [2.05, 4.69) is 10.6 Å². The molecule has 1 amide bonds. The van der Waals surface area contributed by atoms with Crippen LogP contribution >= 0.6 is 11.6 Å². The van der Waals surface area contributed by atoms with Crippen LogP contribution in [0.4, 0.5) is 5.69 Å². The van der Waals surface area contributed by atoms with Crippen LogP contribution in [0, 0.1) is 0 Å². The van der Waals surface area contributed by atoms with Gasteiger partial charge in [0.25, 0.3) is 0 Å². The average molecular weight is 285 g/mol. The molecule has 0 atom stereocenters. The number of methoxy groups -OCH3 is 2. The van der Waals surface area contributed by atoms with Crippen molar-refractivity contribution in [3.63, 3.8) is 0 Å². The Morgan fingerprint density at radius 1 is 1.32 bits per heavy atom. The fourth-order valence-electron chi connectivity index (χ4n) is 1.68. The van der Waals surface area contributed by atoms with Crippen LogP contribution in [0.1, 0.15) is 12.8 Å². The molecule has 0 aliphatic heterocycles. The fraction of sp³-hybridized carbons (Fsp3) is 0.462. The molecule has 0 radical (unpaired) electrons. The molecule has 5 nitrogen and oxygen atoms in total. The van der Waals surface area contributed by atoms with Gasteiger partial charge in [0.2, 0.25) is 5.91 Å². The van der Waals surface area contributed by atoms with Crippen LogP contribution < -0.4 is 20.1 Å². The van der Waals surface area contributed by atoms with E-state index in [1.54, 1.807) is 19.2 Å². The zero-order chi connectivity index (χ0) is 13.8. The zero-order valence-electron chi connectivity index (χ0n) is 11.0. The van der Waals surface area contributed by atoms with Crippen molar-refractivity contribution in [3.05, 3.63) is 17.2 Å². The molecule has 2 rings (SSSR count). The van der Waals surface area contributed by atoms with Crippen LogP contribution in [0.15, 0.2) is 12.1 Å². The van der Waals surface area contributed by atoms with Crippen molar-refractivity contribution in [2.45, 2.75) is 18.9 Å². The largest absolute Gasteiger partial charge is 0.495 e. The Balaban J connectivity index is 2.01. The Hall–Kier alpha value is -1.62. The average Bonchev–Trinajstić information content (AvgIpc) is 3.20. The number of rotatable bonds is 6. The molecule has 1 aliphatic carbocycles. The number of hydrogen-bond donors (Lipinski definition) is 2. The summed E-state index contributed by atoms with van der Waals surface area (Å²) >= 11 is 6.05. The van der Waals surface area contributed by atoms with E-state index in [0.29, 0.717) is 28.3 Å². The number of ether oxygens (including phenoxy) is 2. The lowest BCUT2D eigenvalue weighted by Crippen LogP contribution is -2.31. The maximum Gasteiger partial charge on any atom is 0.239 e. The van der Waals surface area contributed by atoms with E-state index in [-0.39, 0.29) is 12.5 Å². The van der Waals surface area contributed by atoms with Gasteiger partial charge in [0.15, 0.2) is 0 Å². The summed E-state index contributed by atoms with van der Waals surface area (Å²) in [6.07, 6.45) is 2.15. The molecule has 1 aliphatic rings. The van der Waals surface area contributed by atoms with Gasteiger partial charge in [0.1, 0.15) is 11.5 Å². The molecule has 1 saturated carbocycles. The van der Waals surface area contributed by atoms with Crippen LogP contribution in [-0.4, -0.2) is 32.7 Å². The van der Waals surface area contributed by atoms with Gasteiger partial charge < -0.3 is 20.1 Å². The van der Waals surface area contributed by atoms with Crippen molar-refractivity contribution < 1.29 is 14.3 Å². The lowest BCUT2D eigenvalue weighted by atomic mass is 10.2. The molecule has 0 saturated heterocycles. The highest BCUT2D eigenvalue weighted by molar-refractivity contribution is 6.32. The number of carbonyl (C=O) groups excluding carboxylic acids is 1. The molecule has 0 aromatic heterocycles. The lowest BCUT2D eigenvalue weighted by molar-refractivity contribution is -0.119. The molecule has 0 spiro atoms. The summed E-state index contributed by atoms with van der Waals surface area (Å²) in [6.45, 7) is 0.190. The third-order valence-electron chi connectivity index (χ3n) is 2.86. The van der Waals surface area contributed by atoms with Gasteiger partial charge in [-0.2, -0.15) is 0 Å². The van der Waals surface area contributed by atoms with Crippen LogP contribution in [0.25, 0.3) is 0 Å². The molecular weight excluding hydrogens is 268 g/mol. The highest BCUT2D eigenvalue weighted by Gasteiger charge is 2.23. The minimum Gasteiger partial charge on any atom is -0.495 e. The van der Waals surface area contributed by atoms with Gasteiger partial charge in [0, 0.05) is 12.1 Å². The monoisotopic (exact) mass is 284 g/mol. The maximum atomic E-state index is 11.6. The van der Waals surface area contributed by atoms with Gasteiger partial charge in [-0.1, -0.05) is 11.6 Å². The number of amides is 1. The Morgan fingerprint density at radius 2 is 2.00 bits per heavy atom. The first kappa shape index (κ1) is 13.8. The van der Waals surface area contributed by atoms with E-state index in [4.69, 9.17) is 21.1 Å². The van der Waals surface area contributed by atoms with Crippen molar-refractivity contribution in [2.24, 2.45) is 0 Å². The van der Waals surface area contributed by atoms with E-state index in [1.165, 1.54) is 7.11 Å². The summed E-state index contributed by atoms with van der Waals surface area (Å²) in [5.74, 6) is 1.09. The maximum absolute atomic E-state index is 11.6.